The lowest BCUT2D eigenvalue weighted by Crippen LogP contribution is -2.30. The molecule has 6 nitrogen and oxygen atoms in total. The van der Waals surface area contributed by atoms with Gasteiger partial charge in [0.1, 0.15) is 10.9 Å². The molecule has 1 atom stereocenters. The van der Waals surface area contributed by atoms with Gasteiger partial charge in [0, 0.05) is 36.4 Å². The first-order valence-corrected chi connectivity index (χ1v) is 16.4. The number of halogens is 3. The van der Waals surface area contributed by atoms with E-state index in [2.05, 4.69) is 31.9 Å². The van der Waals surface area contributed by atoms with Crippen molar-refractivity contribution in [2.24, 2.45) is 0 Å². The molecule has 0 aliphatic rings. The van der Waals surface area contributed by atoms with E-state index in [9.17, 15) is 14.4 Å². The van der Waals surface area contributed by atoms with Crippen molar-refractivity contribution in [1.29, 1.82) is 0 Å². The molecule has 46 heavy (non-hydrogen) atoms. The Morgan fingerprint density at radius 3 is 2.02 bits per heavy atom. The number of carbonyl (C=O) groups excluding carboxylic acids is 3. The van der Waals surface area contributed by atoms with Crippen molar-refractivity contribution < 1.29 is 14.4 Å². The Morgan fingerprint density at radius 2 is 1.35 bits per heavy atom. The second-order valence-electron chi connectivity index (χ2n) is 9.97. The summed E-state index contributed by atoms with van der Waals surface area (Å²) in [6, 6.07) is 37.4. The summed E-state index contributed by atoms with van der Waals surface area (Å²) in [6.07, 6.45) is 1.61. The Kier molecular flexibility index (Phi) is 11.3. The van der Waals surface area contributed by atoms with Crippen LogP contribution in [0.2, 0.25) is 10.0 Å². The molecule has 5 aromatic carbocycles. The maximum absolute atomic E-state index is 13.6. The number of hydrogen-bond donors (Lipinski definition) is 3. The van der Waals surface area contributed by atoms with E-state index in [1.807, 2.05) is 66.7 Å². The number of nitrogens with one attached hydrogen (secondary N) is 3. The number of carbonyl (C=O) groups is 3. The predicted molar refractivity (Wildman–Crippen MR) is 191 cm³/mol. The number of anilines is 2. The van der Waals surface area contributed by atoms with Crippen molar-refractivity contribution in [3.05, 3.63) is 164 Å². The molecule has 10 heteroatoms. The van der Waals surface area contributed by atoms with Gasteiger partial charge in [0.05, 0.1) is 0 Å². The molecule has 0 fully saturated rings. The second-order valence-corrected chi connectivity index (χ2v) is 12.9. The number of benzene rings is 5. The first kappa shape index (κ1) is 33.0. The highest BCUT2D eigenvalue weighted by Gasteiger charge is 2.23. The van der Waals surface area contributed by atoms with Crippen LogP contribution in [0.15, 0.2) is 142 Å². The predicted octanol–water partition coefficient (Wildman–Crippen LogP) is 9.64. The van der Waals surface area contributed by atoms with E-state index in [-0.39, 0.29) is 11.6 Å². The Hall–Kier alpha value is -4.34. The van der Waals surface area contributed by atoms with Crippen molar-refractivity contribution in [3.8, 4) is 0 Å². The van der Waals surface area contributed by atoms with E-state index in [1.165, 1.54) is 11.8 Å². The van der Waals surface area contributed by atoms with Gasteiger partial charge in [0.15, 0.2) is 0 Å². The fourth-order valence-electron chi connectivity index (χ4n) is 4.38. The quantitative estimate of drug-likeness (QED) is 0.0987. The molecule has 0 saturated heterocycles. The first-order valence-electron chi connectivity index (χ1n) is 14.0. The van der Waals surface area contributed by atoms with Crippen LogP contribution in [0.3, 0.4) is 0 Å². The van der Waals surface area contributed by atoms with Gasteiger partial charge in [-0.25, -0.2) is 0 Å². The minimum absolute atomic E-state index is 0.0657. The summed E-state index contributed by atoms with van der Waals surface area (Å²) in [5.74, 6) is -1.20. The summed E-state index contributed by atoms with van der Waals surface area (Å²) < 4.78 is 0.886. The summed E-state index contributed by atoms with van der Waals surface area (Å²) in [6.45, 7) is 0. The SMILES string of the molecule is O=C(Nc1cccc(SC(C(=O)Nc2cc(Cl)cc(Cl)c2)c2ccccc2)c1)/C(=C/c1ccc(Br)cc1)NC(=O)c1ccccc1. The molecule has 0 saturated carbocycles. The van der Waals surface area contributed by atoms with E-state index in [4.69, 9.17) is 23.2 Å². The summed E-state index contributed by atoms with van der Waals surface area (Å²) in [4.78, 5) is 40.9. The Bertz CT molecular complexity index is 1870. The molecule has 5 aromatic rings. The minimum Gasteiger partial charge on any atom is -0.325 e. The third kappa shape index (κ3) is 9.34. The molecule has 5 rings (SSSR count). The monoisotopic (exact) mass is 729 g/mol. The van der Waals surface area contributed by atoms with Crippen molar-refractivity contribution in [3.63, 3.8) is 0 Å². The molecule has 0 bridgehead atoms. The molecule has 0 aromatic heterocycles. The fraction of sp³-hybridized carbons (Fsp3) is 0.0278. The molecule has 0 heterocycles. The van der Waals surface area contributed by atoms with E-state index < -0.39 is 17.1 Å². The van der Waals surface area contributed by atoms with Crippen LogP contribution in [0.4, 0.5) is 11.4 Å². The van der Waals surface area contributed by atoms with Crippen molar-refractivity contribution in [1.82, 2.24) is 5.32 Å². The topological polar surface area (TPSA) is 87.3 Å². The van der Waals surface area contributed by atoms with Crippen LogP contribution in [0.1, 0.15) is 26.7 Å². The molecule has 0 aliphatic carbocycles. The maximum atomic E-state index is 13.6. The van der Waals surface area contributed by atoms with Gasteiger partial charge < -0.3 is 16.0 Å². The van der Waals surface area contributed by atoms with Gasteiger partial charge in [-0.15, -0.1) is 11.8 Å². The number of hydrogen-bond acceptors (Lipinski definition) is 4. The lowest BCUT2D eigenvalue weighted by molar-refractivity contribution is -0.116. The van der Waals surface area contributed by atoms with Crippen LogP contribution >= 0.6 is 50.9 Å². The molecule has 0 radical (unpaired) electrons. The Balaban J connectivity index is 1.37. The highest BCUT2D eigenvalue weighted by atomic mass is 79.9. The van der Waals surface area contributed by atoms with Crippen molar-refractivity contribution >= 4 is 86.1 Å². The van der Waals surface area contributed by atoms with Crippen LogP contribution in [0.5, 0.6) is 0 Å². The smallest absolute Gasteiger partial charge is 0.272 e. The van der Waals surface area contributed by atoms with E-state index >= 15 is 0 Å². The summed E-state index contributed by atoms with van der Waals surface area (Å²) >= 11 is 17.0. The standard InChI is InChI=1S/C36H26BrCl2N3O3S/c37-26-16-14-23(15-17-26)18-32(42-34(43)25-10-5-2-6-11-25)35(44)40-29-12-7-13-31(22-29)46-33(24-8-3-1-4-9-24)36(45)41-30-20-27(38)19-28(39)21-30/h1-22,33H,(H,40,44)(H,41,45)(H,42,43)/b32-18-. The second kappa shape index (κ2) is 15.8. The Labute approximate surface area is 289 Å². The number of amides is 3. The maximum Gasteiger partial charge on any atom is 0.272 e. The summed E-state index contributed by atoms with van der Waals surface area (Å²) in [7, 11) is 0. The molecule has 230 valence electrons. The van der Waals surface area contributed by atoms with Crippen LogP contribution < -0.4 is 16.0 Å². The molecular formula is C36H26BrCl2N3O3S. The highest BCUT2D eigenvalue weighted by Crippen LogP contribution is 2.37. The lowest BCUT2D eigenvalue weighted by Gasteiger charge is -2.18. The zero-order valence-electron chi connectivity index (χ0n) is 24.0. The normalized spacial score (nSPS) is 11.8. The van der Waals surface area contributed by atoms with Crippen LogP contribution in [0.25, 0.3) is 6.08 Å². The third-order valence-electron chi connectivity index (χ3n) is 6.53. The number of rotatable bonds is 10. The lowest BCUT2D eigenvalue weighted by atomic mass is 10.1. The van der Waals surface area contributed by atoms with Gasteiger partial charge in [-0.2, -0.15) is 0 Å². The molecule has 0 spiro atoms. The van der Waals surface area contributed by atoms with Crippen LogP contribution in [0, 0.1) is 0 Å². The third-order valence-corrected chi connectivity index (χ3v) is 8.74. The molecule has 3 N–H and O–H groups in total. The van der Waals surface area contributed by atoms with Gasteiger partial charge in [-0.3, -0.25) is 14.4 Å². The molecule has 3 amide bonds. The van der Waals surface area contributed by atoms with Crippen molar-refractivity contribution in [2.45, 2.75) is 10.1 Å². The van der Waals surface area contributed by atoms with E-state index in [1.54, 1.807) is 66.7 Å². The average molecular weight is 731 g/mol. The fourth-order valence-corrected chi connectivity index (χ4v) is 6.26. The van der Waals surface area contributed by atoms with Gasteiger partial charge >= 0.3 is 0 Å². The summed E-state index contributed by atoms with van der Waals surface area (Å²) in [5.41, 5.74) is 2.96. The van der Waals surface area contributed by atoms with Crippen LogP contribution in [-0.2, 0) is 9.59 Å². The van der Waals surface area contributed by atoms with Gasteiger partial charge in [-0.1, -0.05) is 106 Å². The zero-order valence-corrected chi connectivity index (χ0v) is 28.0. The van der Waals surface area contributed by atoms with Crippen LogP contribution in [-0.4, -0.2) is 17.7 Å². The molecule has 1 unspecified atom stereocenters. The van der Waals surface area contributed by atoms with E-state index in [0.29, 0.717) is 27.0 Å². The Morgan fingerprint density at radius 1 is 0.696 bits per heavy atom. The summed E-state index contributed by atoms with van der Waals surface area (Å²) in [5, 5.41) is 8.73. The van der Waals surface area contributed by atoms with Crippen molar-refractivity contribution in [2.75, 3.05) is 10.6 Å². The van der Waals surface area contributed by atoms with Gasteiger partial charge in [0.2, 0.25) is 5.91 Å². The molecule has 0 aliphatic heterocycles. The minimum atomic E-state index is -0.636. The van der Waals surface area contributed by atoms with Gasteiger partial charge in [0.25, 0.3) is 11.8 Å². The highest BCUT2D eigenvalue weighted by molar-refractivity contribution is 9.10. The first-order chi connectivity index (χ1) is 22.2. The zero-order chi connectivity index (χ0) is 32.5. The average Bonchev–Trinajstić information content (AvgIpc) is 3.04. The molecular weight excluding hydrogens is 705 g/mol. The number of thioether (sulfide) groups is 1. The van der Waals surface area contributed by atoms with Gasteiger partial charge in [-0.05, 0) is 77.9 Å². The van der Waals surface area contributed by atoms with E-state index in [0.717, 1.165) is 20.5 Å². The largest absolute Gasteiger partial charge is 0.325 e.